The second-order valence-electron chi connectivity index (χ2n) is 2.86. The zero-order valence-corrected chi connectivity index (χ0v) is 10.6. The van der Waals surface area contributed by atoms with Crippen molar-refractivity contribution in [2.75, 3.05) is 0 Å². The first-order valence-corrected chi connectivity index (χ1v) is 5.61. The van der Waals surface area contributed by atoms with Crippen molar-refractivity contribution in [3.63, 3.8) is 0 Å². The van der Waals surface area contributed by atoms with Crippen molar-refractivity contribution in [3.05, 3.63) is 40.0 Å². The third kappa shape index (κ3) is 2.15. The maximum atomic E-state index is 5.62. The molecule has 0 aliphatic carbocycles. The summed E-state index contributed by atoms with van der Waals surface area (Å²) in [5.74, 6) is 0. The highest BCUT2D eigenvalue weighted by atomic mass is 127. The van der Waals surface area contributed by atoms with Gasteiger partial charge in [0, 0.05) is 18.0 Å². The van der Waals surface area contributed by atoms with Crippen molar-refractivity contribution in [2.24, 2.45) is 5.73 Å². The Hall–Kier alpha value is -1.02. The average Bonchev–Trinajstić information content (AvgIpc) is 2.65. The predicted molar refractivity (Wildman–Crippen MR) is 70.0 cm³/mol. The fourth-order valence-electron chi connectivity index (χ4n) is 1.21. The average molecular weight is 330 g/mol. The predicted octanol–water partition coefficient (Wildman–Crippen LogP) is 1.51. The van der Waals surface area contributed by atoms with Crippen molar-refractivity contribution >= 4 is 39.8 Å². The Kier molecular flexibility index (Phi) is 2.96. The van der Waals surface area contributed by atoms with Crippen LogP contribution in [0.15, 0.2) is 30.9 Å². The molecule has 0 aromatic carbocycles. The van der Waals surface area contributed by atoms with Gasteiger partial charge in [-0.15, -0.1) is 0 Å². The summed E-state index contributed by atoms with van der Waals surface area (Å²) < 4.78 is 2.76. The highest BCUT2D eigenvalue weighted by molar-refractivity contribution is 14.1. The van der Waals surface area contributed by atoms with E-state index in [4.69, 9.17) is 18.0 Å². The van der Waals surface area contributed by atoms with Gasteiger partial charge in [-0.3, -0.25) is 4.98 Å². The molecule has 0 aliphatic rings. The van der Waals surface area contributed by atoms with Gasteiger partial charge in [0.1, 0.15) is 4.99 Å². The molecule has 2 N–H and O–H groups in total. The molecular formula is C9H7IN4S. The third-order valence-corrected chi connectivity index (χ3v) is 2.64. The zero-order chi connectivity index (χ0) is 10.8. The Morgan fingerprint density at radius 2 is 2.27 bits per heavy atom. The van der Waals surface area contributed by atoms with E-state index in [1.54, 1.807) is 29.3 Å². The van der Waals surface area contributed by atoms with Crippen molar-refractivity contribution < 1.29 is 0 Å². The van der Waals surface area contributed by atoms with Gasteiger partial charge < -0.3 is 5.73 Å². The standard InChI is InChI=1S/C9H7IN4S/c10-6-3-13-14(5-6)8-4-12-2-1-7(8)9(11)15/h1-5H,(H2,11,15). The van der Waals surface area contributed by atoms with Crippen LogP contribution in [-0.2, 0) is 0 Å². The van der Waals surface area contributed by atoms with Gasteiger partial charge in [0.05, 0.1) is 21.7 Å². The Bertz CT molecular complexity index is 508. The molecule has 0 saturated heterocycles. The summed E-state index contributed by atoms with van der Waals surface area (Å²) in [6.07, 6.45) is 7.00. The number of aromatic nitrogens is 3. The summed E-state index contributed by atoms with van der Waals surface area (Å²) in [5.41, 5.74) is 7.20. The summed E-state index contributed by atoms with van der Waals surface area (Å²) in [6, 6.07) is 1.78. The van der Waals surface area contributed by atoms with E-state index in [9.17, 15) is 0 Å². The van der Waals surface area contributed by atoms with E-state index in [0.29, 0.717) is 4.99 Å². The quantitative estimate of drug-likeness (QED) is 0.670. The van der Waals surface area contributed by atoms with Crippen molar-refractivity contribution in [3.8, 4) is 5.69 Å². The Labute approximate surface area is 106 Å². The van der Waals surface area contributed by atoms with Gasteiger partial charge in [0.25, 0.3) is 0 Å². The van der Waals surface area contributed by atoms with Crippen LogP contribution in [0.5, 0.6) is 0 Å². The highest BCUT2D eigenvalue weighted by Crippen LogP contribution is 2.13. The molecule has 0 unspecified atom stereocenters. The van der Waals surface area contributed by atoms with E-state index in [0.717, 1.165) is 14.8 Å². The molecule has 2 rings (SSSR count). The maximum absolute atomic E-state index is 5.62. The molecule has 0 bridgehead atoms. The topological polar surface area (TPSA) is 56.7 Å². The van der Waals surface area contributed by atoms with Crippen LogP contribution >= 0.6 is 34.8 Å². The lowest BCUT2D eigenvalue weighted by Crippen LogP contribution is -2.13. The van der Waals surface area contributed by atoms with Crippen molar-refractivity contribution in [1.82, 2.24) is 14.8 Å². The monoisotopic (exact) mass is 330 g/mol. The Balaban J connectivity index is 2.57. The lowest BCUT2D eigenvalue weighted by atomic mass is 10.2. The van der Waals surface area contributed by atoms with Crippen molar-refractivity contribution in [2.45, 2.75) is 0 Å². The molecule has 76 valence electrons. The number of hydrogen-bond acceptors (Lipinski definition) is 3. The lowest BCUT2D eigenvalue weighted by molar-refractivity contribution is 0.871. The number of hydrogen-bond donors (Lipinski definition) is 1. The highest BCUT2D eigenvalue weighted by Gasteiger charge is 2.07. The SMILES string of the molecule is NC(=S)c1ccncc1-n1cc(I)cn1. The van der Waals surface area contributed by atoms with E-state index in [1.165, 1.54) is 0 Å². The minimum Gasteiger partial charge on any atom is -0.389 e. The molecule has 2 aromatic heterocycles. The van der Waals surface area contributed by atoms with Crippen LogP contribution in [-0.4, -0.2) is 19.8 Å². The summed E-state index contributed by atoms with van der Waals surface area (Å²) >= 11 is 7.15. The van der Waals surface area contributed by atoms with E-state index in [1.807, 2.05) is 6.20 Å². The molecule has 0 saturated carbocycles. The molecular weight excluding hydrogens is 323 g/mol. The van der Waals surface area contributed by atoms with Crippen LogP contribution in [0.1, 0.15) is 5.56 Å². The largest absolute Gasteiger partial charge is 0.389 e. The number of rotatable bonds is 2. The van der Waals surface area contributed by atoms with E-state index < -0.39 is 0 Å². The lowest BCUT2D eigenvalue weighted by Gasteiger charge is -2.06. The minimum atomic E-state index is 0.345. The number of thiocarbonyl (C=S) groups is 1. The summed E-state index contributed by atoms with van der Waals surface area (Å²) in [5, 5.41) is 4.18. The fraction of sp³-hybridized carbons (Fsp3) is 0. The van der Waals surface area contributed by atoms with Gasteiger partial charge in [-0.2, -0.15) is 5.10 Å². The van der Waals surface area contributed by atoms with Crippen LogP contribution in [0, 0.1) is 3.57 Å². The van der Waals surface area contributed by atoms with Gasteiger partial charge in [-0.05, 0) is 28.7 Å². The fourth-order valence-corrected chi connectivity index (χ4v) is 1.77. The van der Waals surface area contributed by atoms with E-state index in [2.05, 4.69) is 32.7 Å². The van der Waals surface area contributed by atoms with Crippen LogP contribution in [0.2, 0.25) is 0 Å². The van der Waals surface area contributed by atoms with Gasteiger partial charge in [-0.1, -0.05) is 12.2 Å². The Morgan fingerprint density at radius 3 is 2.87 bits per heavy atom. The molecule has 2 heterocycles. The Morgan fingerprint density at radius 1 is 1.47 bits per heavy atom. The number of halogens is 1. The molecule has 0 atom stereocenters. The molecule has 2 aromatic rings. The molecule has 0 spiro atoms. The molecule has 6 heteroatoms. The van der Waals surface area contributed by atoms with E-state index in [-0.39, 0.29) is 0 Å². The molecule has 15 heavy (non-hydrogen) atoms. The summed E-state index contributed by atoms with van der Waals surface area (Å²) in [7, 11) is 0. The maximum Gasteiger partial charge on any atom is 0.106 e. The number of nitrogens with zero attached hydrogens (tertiary/aromatic N) is 3. The summed E-state index contributed by atoms with van der Waals surface area (Å²) in [4.78, 5) is 4.38. The molecule has 0 aliphatic heterocycles. The molecule has 0 fully saturated rings. The van der Waals surface area contributed by atoms with Gasteiger partial charge in [-0.25, -0.2) is 4.68 Å². The van der Waals surface area contributed by atoms with E-state index >= 15 is 0 Å². The van der Waals surface area contributed by atoms with Gasteiger partial charge in [0.15, 0.2) is 0 Å². The summed E-state index contributed by atoms with van der Waals surface area (Å²) in [6.45, 7) is 0. The number of nitrogens with two attached hydrogens (primary N) is 1. The first kappa shape index (κ1) is 10.5. The second-order valence-corrected chi connectivity index (χ2v) is 4.55. The number of pyridine rings is 1. The molecule has 0 radical (unpaired) electrons. The first-order valence-electron chi connectivity index (χ1n) is 4.13. The zero-order valence-electron chi connectivity index (χ0n) is 7.59. The van der Waals surface area contributed by atoms with Crippen LogP contribution in [0.3, 0.4) is 0 Å². The van der Waals surface area contributed by atoms with Crippen molar-refractivity contribution in [1.29, 1.82) is 0 Å². The minimum absolute atomic E-state index is 0.345. The van der Waals surface area contributed by atoms with Crippen LogP contribution < -0.4 is 5.73 Å². The van der Waals surface area contributed by atoms with Crippen LogP contribution in [0.4, 0.5) is 0 Å². The first-order chi connectivity index (χ1) is 7.18. The molecule has 0 amide bonds. The van der Waals surface area contributed by atoms with Gasteiger partial charge in [0.2, 0.25) is 0 Å². The molecule has 4 nitrogen and oxygen atoms in total. The van der Waals surface area contributed by atoms with Gasteiger partial charge >= 0.3 is 0 Å². The third-order valence-electron chi connectivity index (χ3n) is 1.86. The second kappa shape index (κ2) is 4.23. The smallest absolute Gasteiger partial charge is 0.106 e. The van der Waals surface area contributed by atoms with Crippen LogP contribution in [0.25, 0.3) is 5.69 Å². The normalized spacial score (nSPS) is 10.2.